The molecule has 0 aromatic rings. The highest BCUT2D eigenvalue weighted by molar-refractivity contribution is 7.47. The van der Waals surface area contributed by atoms with E-state index in [0.29, 0.717) is 6.42 Å². The van der Waals surface area contributed by atoms with E-state index in [4.69, 9.17) is 14.0 Å². The molecule has 0 aliphatic heterocycles. The summed E-state index contributed by atoms with van der Waals surface area (Å²) in [6.45, 7) is 3.91. The van der Waals surface area contributed by atoms with Crippen LogP contribution in [0.4, 0.5) is 0 Å². The van der Waals surface area contributed by atoms with Gasteiger partial charge in [-0.2, -0.15) is 0 Å². The number of rotatable bonds is 43. The molecule has 0 amide bonds. The summed E-state index contributed by atoms with van der Waals surface area (Å²) in [6.07, 6.45) is 43.2. The average molecular weight is 775 g/mol. The number of phosphoric ester groups is 1. The zero-order valence-corrected chi connectivity index (χ0v) is 36.1. The Morgan fingerprint density at radius 3 is 1.04 bits per heavy atom. The zero-order chi connectivity index (χ0) is 38.9. The van der Waals surface area contributed by atoms with E-state index < -0.39 is 26.5 Å². The topological polar surface area (TPSA) is 108 Å². The first-order valence-electron chi connectivity index (χ1n) is 22.7. The highest BCUT2D eigenvalue weighted by Gasteiger charge is 2.24. The van der Waals surface area contributed by atoms with Gasteiger partial charge in [0.05, 0.1) is 6.61 Å². The number of phosphoric acid groups is 1. The Morgan fingerprint density at radius 1 is 0.453 bits per heavy atom. The Hall–Kier alpha value is -0.950. The number of ether oxygens (including phenoxy) is 2. The fourth-order valence-corrected chi connectivity index (χ4v) is 7.30. The predicted octanol–water partition coefficient (Wildman–Crippen LogP) is 14.3. The molecule has 1 N–H and O–H groups in total. The van der Waals surface area contributed by atoms with Gasteiger partial charge in [-0.25, -0.2) is 4.57 Å². The predicted molar refractivity (Wildman–Crippen MR) is 221 cm³/mol. The van der Waals surface area contributed by atoms with Crippen molar-refractivity contribution in [3.63, 3.8) is 0 Å². The van der Waals surface area contributed by atoms with Crippen LogP contribution < -0.4 is 0 Å². The monoisotopic (exact) mass is 775 g/mol. The van der Waals surface area contributed by atoms with E-state index >= 15 is 0 Å². The number of hydrogen-bond donors (Lipinski definition) is 1. The fourth-order valence-electron chi connectivity index (χ4n) is 6.84. The summed E-state index contributed by atoms with van der Waals surface area (Å²) in [5.74, 6) is -0.789. The minimum atomic E-state index is -4.25. The maximum atomic E-state index is 12.5. The molecule has 9 heteroatoms. The third kappa shape index (κ3) is 40.5. The van der Waals surface area contributed by atoms with Crippen LogP contribution in [0.15, 0.2) is 0 Å². The van der Waals surface area contributed by atoms with E-state index in [1.54, 1.807) is 0 Å². The molecular weight excluding hydrogens is 687 g/mol. The summed E-state index contributed by atoms with van der Waals surface area (Å²) in [5.41, 5.74) is 0. The molecular formula is C44H87O8P. The second-order valence-corrected chi connectivity index (χ2v) is 17.1. The molecule has 0 heterocycles. The van der Waals surface area contributed by atoms with Crippen LogP contribution in [0.25, 0.3) is 0 Å². The Labute approximate surface area is 328 Å². The van der Waals surface area contributed by atoms with Crippen molar-refractivity contribution in [1.29, 1.82) is 0 Å². The van der Waals surface area contributed by atoms with Crippen LogP contribution in [0.5, 0.6) is 0 Å². The van der Waals surface area contributed by atoms with Gasteiger partial charge in [-0.15, -0.1) is 0 Å². The summed E-state index contributed by atoms with van der Waals surface area (Å²) in [5, 5.41) is 0. The van der Waals surface area contributed by atoms with Gasteiger partial charge in [0.15, 0.2) is 6.10 Å². The first-order valence-corrected chi connectivity index (χ1v) is 24.2. The molecule has 8 nitrogen and oxygen atoms in total. The number of esters is 2. The molecule has 53 heavy (non-hydrogen) atoms. The highest BCUT2D eigenvalue weighted by Crippen LogP contribution is 2.42. The van der Waals surface area contributed by atoms with Crippen molar-refractivity contribution in [3.8, 4) is 0 Å². The summed E-state index contributed by atoms with van der Waals surface area (Å²) in [7, 11) is -3.19. The molecule has 0 rings (SSSR count). The Bertz CT molecular complexity index is 838. The van der Waals surface area contributed by atoms with Crippen molar-refractivity contribution in [3.05, 3.63) is 0 Å². The van der Waals surface area contributed by atoms with Gasteiger partial charge >= 0.3 is 19.8 Å². The van der Waals surface area contributed by atoms with Crippen LogP contribution in [0.1, 0.15) is 245 Å². The van der Waals surface area contributed by atoms with Gasteiger partial charge in [0.2, 0.25) is 0 Å². The van der Waals surface area contributed by atoms with E-state index in [0.717, 1.165) is 45.6 Å². The lowest BCUT2D eigenvalue weighted by Crippen LogP contribution is -2.29. The number of carbonyl (C=O) groups excluding carboxylic acids is 2. The molecule has 0 fully saturated rings. The quantitative estimate of drug-likeness (QED) is 0.0370. The molecule has 0 aromatic heterocycles. The van der Waals surface area contributed by atoms with Gasteiger partial charge in [-0.1, -0.05) is 219 Å². The molecule has 0 aliphatic rings. The molecule has 0 spiro atoms. The molecule has 316 valence electrons. The van der Waals surface area contributed by atoms with Crippen LogP contribution in [0.2, 0.25) is 0 Å². The van der Waals surface area contributed by atoms with Crippen molar-refractivity contribution in [2.75, 3.05) is 20.3 Å². The van der Waals surface area contributed by atoms with E-state index in [-0.39, 0.29) is 19.0 Å². The van der Waals surface area contributed by atoms with Gasteiger partial charge in [0.1, 0.15) is 6.61 Å². The number of hydrogen-bond acceptors (Lipinski definition) is 7. The number of carbonyl (C=O) groups is 2. The van der Waals surface area contributed by atoms with Gasteiger partial charge < -0.3 is 14.4 Å². The molecule has 0 saturated carbocycles. The van der Waals surface area contributed by atoms with Crippen LogP contribution in [-0.2, 0) is 32.7 Å². The lowest BCUT2D eigenvalue weighted by molar-refractivity contribution is -0.161. The molecule has 0 aliphatic carbocycles. The second-order valence-electron chi connectivity index (χ2n) is 15.6. The summed E-state index contributed by atoms with van der Waals surface area (Å²) in [4.78, 5) is 34.4. The Morgan fingerprint density at radius 2 is 0.736 bits per heavy atom. The molecule has 2 unspecified atom stereocenters. The largest absolute Gasteiger partial charge is 0.472 e. The molecule has 2 atom stereocenters. The Balaban J connectivity index is 3.81. The molecule has 0 aromatic carbocycles. The van der Waals surface area contributed by atoms with Crippen LogP contribution in [0, 0.1) is 0 Å². The number of unbranched alkanes of at least 4 members (excludes halogenated alkanes) is 32. The normalized spacial score (nSPS) is 13.2. The van der Waals surface area contributed by atoms with Gasteiger partial charge in [0.25, 0.3) is 0 Å². The van der Waals surface area contributed by atoms with Crippen molar-refractivity contribution in [2.45, 2.75) is 251 Å². The van der Waals surface area contributed by atoms with Crippen LogP contribution in [-0.4, -0.2) is 43.3 Å². The smallest absolute Gasteiger partial charge is 0.462 e. The minimum absolute atomic E-state index is 0.217. The average Bonchev–Trinajstić information content (AvgIpc) is 3.15. The van der Waals surface area contributed by atoms with E-state index in [9.17, 15) is 19.0 Å². The lowest BCUT2D eigenvalue weighted by atomic mass is 10.0. The van der Waals surface area contributed by atoms with Crippen molar-refractivity contribution < 1.29 is 37.6 Å². The van der Waals surface area contributed by atoms with Crippen LogP contribution in [0.3, 0.4) is 0 Å². The summed E-state index contributed by atoms with van der Waals surface area (Å²) >= 11 is 0. The van der Waals surface area contributed by atoms with Crippen LogP contribution >= 0.6 is 7.82 Å². The summed E-state index contributed by atoms with van der Waals surface area (Å²) in [6, 6.07) is 0. The van der Waals surface area contributed by atoms with E-state index in [1.165, 1.54) is 180 Å². The standard InChI is InChI=1S/C44H87O8P/c1-4-6-8-10-12-14-16-17-18-19-20-21-22-23-24-25-26-27-28-29-31-33-35-37-39-44(46)52-42(41-51-53(47,48)49-3)40-50-43(45)38-36-34-32-30-15-13-11-9-7-5-2/h42H,4-41H2,1-3H3,(H,47,48). The molecule has 0 bridgehead atoms. The van der Waals surface area contributed by atoms with Gasteiger partial charge in [-0.05, 0) is 12.8 Å². The lowest BCUT2D eigenvalue weighted by Gasteiger charge is -2.19. The Kier molecular flexibility index (Phi) is 40.0. The molecule has 0 saturated heterocycles. The van der Waals surface area contributed by atoms with Gasteiger partial charge in [0, 0.05) is 20.0 Å². The van der Waals surface area contributed by atoms with E-state index in [2.05, 4.69) is 18.4 Å². The van der Waals surface area contributed by atoms with E-state index in [1.807, 2.05) is 0 Å². The minimum Gasteiger partial charge on any atom is -0.462 e. The second kappa shape index (κ2) is 40.7. The SMILES string of the molecule is CCCCCCCCCCCCCCCCCCCCCCCCCCC(=O)OC(COC(=O)CCCCCCCCCCCC)COP(=O)(O)OC. The van der Waals surface area contributed by atoms with Gasteiger partial charge in [-0.3, -0.25) is 18.6 Å². The van der Waals surface area contributed by atoms with Crippen molar-refractivity contribution >= 4 is 19.8 Å². The molecule has 0 radical (unpaired) electrons. The highest BCUT2D eigenvalue weighted by atomic mass is 31.2. The maximum absolute atomic E-state index is 12.5. The third-order valence-electron chi connectivity index (χ3n) is 10.4. The zero-order valence-electron chi connectivity index (χ0n) is 35.2. The summed E-state index contributed by atoms with van der Waals surface area (Å²) < 4.78 is 32.0. The third-order valence-corrected chi connectivity index (χ3v) is 11.3. The van der Waals surface area contributed by atoms with Crippen molar-refractivity contribution in [1.82, 2.24) is 0 Å². The van der Waals surface area contributed by atoms with Crippen molar-refractivity contribution in [2.24, 2.45) is 0 Å². The fraction of sp³-hybridized carbons (Fsp3) is 0.955. The first kappa shape index (κ1) is 52.0. The maximum Gasteiger partial charge on any atom is 0.472 e. The first-order chi connectivity index (χ1) is 25.8.